The van der Waals surface area contributed by atoms with E-state index in [9.17, 15) is 9.59 Å². The van der Waals surface area contributed by atoms with Gasteiger partial charge in [-0.1, -0.05) is 0 Å². The van der Waals surface area contributed by atoms with Gasteiger partial charge in [-0.15, -0.1) is 0 Å². The predicted molar refractivity (Wildman–Crippen MR) is 53.3 cm³/mol. The molecule has 0 aliphatic carbocycles. The molecule has 0 saturated heterocycles. The number of primary amides is 2. The van der Waals surface area contributed by atoms with Crippen LogP contribution in [-0.2, 0) is 9.59 Å². The van der Waals surface area contributed by atoms with Gasteiger partial charge in [0.15, 0.2) is 5.92 Å². The fraction of sp³-hybridized carbons (Fsp3) is 0.250. The van der Waals surface area contributed by atoms with Crippen LogP contribution in [0.2, 0.25) is 0 Å². The number of amides is 2. The summed E-state index contributed by atoms with van der Waals surface area (Å²) < 4.78 is 0. The third-order valence-electron chi connectivity index (χ3n) is 2.20. The van der Waals surface area contributed by atoms with Crippen molar-refractivity contribution in [3.63, 3.8) is 0 Å². The Morgan fingerprint density at radius 2 is 1.87 bits per heavy atom. The van der Waals surface area contributed by atoms with Gasteiger partial charge in [0.1, 0.15) is 5.66 Å². The molecular weight excluding hydrogens is 198 g/mol. The minimum Gasteiger partial charge on any atom is -0.399 e. The number of carbonyl (C=O) groups excluding carboxylic acids is 2. The molecule has 1 aliphatic heterocycles. The monoisotopic (exact) mass is 211 g/mol. The van der Waals surface area contributed by atoms with Gasteiger partial charge in [0, 0.05) is 0 Å². The summed E-state index contributed by atoms with van der Waals surface area (Å²) in [5, 5.41) is 2.61. The first kappa shape index (κ1) is 11.1. The average Bonchev–Trinajstić information content (AvgIpc) is 2.08. The van der Waals surface area contributed by atoms with Crippen molar-refractivity contribution in [2.75, 3.05) is 0 Å². The molecule has 0 fully saturated rings. The van der Waals surface area contributed by atoms with Gasteiger partial charge in [0.05, 0.1) is 5.70 Å². The van der Waals surface area contributed by atoms with E-state index in [-0.39, 0.29) is 5.70 Å². The summed E-state index contributed by atoms with van der Waals surface area (Å²) in [5.41, 5.74) is 20.1. The van der Waals surface area contributed by atoms with Crippen LogP contribution in [0.5, 0.6) is 0 Å². The van der Waals surface area contributed by atoms with Crippen molar-refractivity contribution in [1.82, 2.24) is 5.32 Å². The molecule has 0 aromatic rings. The lowest BCUT2D eigenvalue weighted by Crippen LogP contribution is -2.67. The zero-order valence-corrected chi connectivity index (χ0v) is 7.94. The number of nitrogens with one attached hydrogen (secondary N) is 1. The van der Waals surface area contributed by atoms with Gasteiger partial charge in [0.25, 0.3) is 0 Å². The first-order valence-corrected chi connectivity index (χ1v) is 4.17. The minimum atomic E-state index is -1.55. The van der Waals surface area contributed by atoms with E-state index in [0.29, 0.717) is 0 Å². The zero-order chi connectivity index (χ0) is 11.6. The van der Waals surface area contributed by atoms with Gasteiger partial charge in [0.2, 0.25) is 11.8 Å². The second kappa shape index (κ2) is 3.62. The van der Waals surface area contributed by atoms with E-state index in [1.54, 1.807) is 6.08 Å². The van der Waals surface area contributed by atoms with E-state index in [4.69, 9.17) is 22.9 Å². The second-order valence-corrected chi connectivity index (χ2v) is 3.23. The Kier molecular flexibility index (Phi) is 2.67. The number of nitrogens with two attached hydrogens (primary N) is 4. The molecule has 2 amide bonds. The van der Waals surface area contributed by atoms with E-state index in [0.717, 1.165) is 0 Å². The van der Waals surface area contributed by atoms with Gasteiger partial charge in [-0.2, -0.15) is 0 Å². The number of hydrogen-bond acceptors (Lipinski definition) is 5. The van der Waals surface area contributed by atoms with Crippen LogP contribution >= 0.6 is 0 Å². The fourth-order valence-electron chi connectivity index (χ4n) is 1.40. The quantitative estimate of drug-likeness (QED) is 0.319. The molecule has 0 bridgehead atoms. The van der Waals surface area contributed by atoms with Crippen LogP contribution in [0.15, 0.2) is 24.0 Å². The van der Waals surface area contributed by atoms with E-state index < -0.39 is 23.4 Å². The van der Waals surface area contributed by atoms with Crippen molar-refractivity contribution < 1.29 is 9.59 Å². The Balaban J connectivity index is 3.13. The molecule has 0 radical (unpaired) electrons. The second-order valence-electron chi connectivity index (χ2n) is 3.23. The Bertz CT molecular complexity index is 348. The molecule has 1 unspecified atom stereocenters. The molecule has 9 N–H and O–H groups in total. The number of dihydropyridines is 1. The molecule has 15 heavy (non-hydrogen) atoms. The summed E-state index contributed by atoms with van der Waals surface area (Å²) in [5.74, 6) is -3.26. The lowest BCUT2D eigenvalue weighted by molar-refractivity contribution is -0.134. The van der Waals surface area contributed by atoms with Crippen molar-refractivity contribution in [3.05, 3.63) is 24.0 Å². The number of rotatable bonds is 3. The van der Waals surface area contributed by atoms with Crippen molar-refractivity contribution in [1.29, 1.82) is 0 Å². The minimum absolute atomic E-state index is 0.118. The largest absolute Gasteiger partial charge is 0.399 e. The topological polar surface area (TPSA) is 150 Å². The van der Waals surface area contributed by atoms with Crippen LogP contribution in [0, 0.1) is 5.92 Å². The molecule has 0 aromatic carbocycles. The molecule has 1 rings (SSSR count). The van der Waals surface area contributed by atoms with Crippen LogP contribution in [0.1, 0.15) is 0 Å². The maximum Gasteiger partial charge on any atom is 0.234 e. The predicted octanol–water partition coefficient (Wildman–Crippen LogP) is -2.81. The third-order valence-corrected chi connectivity index (χ3v) is 2.20. The first-order valence-electron chi connectivity index (χ1n) is 4.17. The fourth-order valence-corrected chi connectivity index (χ4v) is 1.40. The molecule has 1 aliphatic rings. The average molecular weight is 211 g/mol. The van der Waals surface area contributed by atoms with E-state index in [1.807, 2.05) is 0 Å². The Morgan fingerprint density at radius 3 is 2.27 bits per heavy atom. The molecular formula is C8H13N5O2. The highest BCUT2D eigenvalue weighted by atomic mass is 16.2. The van der Waals surface area contributed by atoms with Gasteiger partial charge in [-0.3, -0.25) is 9.59 Å². The molecule has 0 spiro atoms. The highest BCUT2D eigenvalue weighted by Crippen LogP contribution is 2.20. The molecule has 7 heteroatoms. The Hall–Kier alpha value is -2.02. The van der Waals surface area contributed by atoms with Gasteiger partial charge in [-0.05, 0) is 18.4 Å². The highest BCUT2D eigenvalue weighted by Gasteiger charge is 2.45. The molecule has 1 heterocycles. The molecule has 0 saturated carbocycles. The summed E-state index contributed by atoms with van der Waals surface area (Å²) in [6.07, 6.45) is 4.50. The number of hydrogen-bond donors (Lipinski definition) is 5. The van der Waals surface area contributed by atoms with Crippen molar-refractivity contribution >= 4 is 11.8 Å². The molecule has 7 nitrogen and oxygen atoms in total. The van der Waals surface area contributed by atoms with E-state index in [1.165, 1.54) is 12.3 Å². The maximum atomic E-state index is 11.1. The van der Waals surface area contributed by atoms with Gasteiger partial charge >= 0.3 is 0 Å². The number of allylic oxidation sites excluding steroid dienone is 2. The number of carbonyl (C=O) groups is 2. The molecule has 1 atom stereocenters. The lowest BCUT2D eigenvalue weighted by atomic mass is 9.87. The van der Waals surface area contributed by atoms with Crippen LogP contribution in [0.4, 0.5) is 0 Å². The zero-order valence-electron chi connectivity index (χ0n) is 7.94. The smallest absolute Gasteiger partial charge is 0.234 e. The summed E-state index contributed by atoms with van der Waals surface area (Å²) in [7, 11) is 0. The summed E-state index contributed by atoms with van der Waals surface area (Å²) in [6, 6.07) is 0. The van der Waals surface area contributed by atoms with Crippen LogP contribution in [0.3, 0.4) is 0 Å². The lowest BCUT2D eigenvalue weighted by Gasteiger charge is -2.36. The maximum absolute atomic E-state index is 11.1. The van der Waals surface area contributed by atoms with E-state index >= 15 is 0 Å². The summed E-state index contributed by atoms with van der Waals surface area (Å²) in [4.78, 5) is 22.2. The van der Waals surface area contributed by atoms with Gasteiger partial charge < -0.3 is 28.3 Å². The van der Waals surface area contributed by atoms with Gasteiger partial charge in [-0.25, -0.2) is 0 Å². The SMILES string of the molecule is NC(=O)C(C(N)=O)C1(N)NC=CC=C1N. The van der Waals surface area contributed by atoms with Crippen LogP contribution < -0.4 is 28.3 Å². The van der Waals surface area contributed by atoms with Crippen LogP contribution in [-0.4, -0.2) is 17.5 Å². The Morgan fingerprint density at radius 1 is 1.33 bits per heavy atom. The molecule has 82 valence electrons. The third kappa shape index (κ3) is 1.77. The summed E-state index contributed by atoms with van der Waals surface area (Å²) in [6.45, 7) is 0. The first-order chi connectivity index (χ1) is 6.89. The summed E-state index contributed by atoms with van der Waals surface area (Å²) >= 11 is 0. The van der Waals surface area contributed by atoms with E-state index in [2.05, 4.69) is 5.32 Å². The van der Waals surface area contributed by atoms with Crippen LogP contribution in [0.25, 0.3) is 0 Å². The standard InChI is InChI=1S/C8H13N5O2/c9-4-2-1-3-13-8(4,12)5(6(10)14)7(11)15/h1-3,5,13H,9,12H2,(H2,10,14)(H2,11,15). The Labute approximate surface area is 86.1 Å². The normalized spacial score (nSPS) is 24.5. The molecule has 0 aromatic heterocycles. The van der Waals surface area contributed by atoms with Crippen molar-refractivity contribution in [2.24, 2.45) is 28.9 Å². The highest BCUT2D eigenvalue weighted by molar-refractivity contribution is 6.00. The van der Waals surface area contributed by atoms with Crippen molar-refractivity contribution in [3.8, 4) is 0 Å². The van der Waals surface area contributed by atoms with Crippen molar-refractivity contribution in [2.45, 2.75) is 5.66 Å².